The van der Waals surface area contributed by atoms with Gasteiger partial charge in [0, 0.05) is 38.6 Å². The molecule has 1 aliphatic heterocycles. The van der Waals surface area contributed by atoms with Gasteiger partial charge in [-0.1, -0.05) is 19.1 Å². The summed E-state index contributed by atoms with van der Waals surface area (Å²) in [5, 5.41) is 0. The highest BCUT2D eigenvalue weighted by atomic mass is 16.5. The number of hydrogen-bond acceptors (Lipinski definition) is 3. The molecule has 22 heavy (non-hydrogen) atoms. The lowest BCUT2D eigenvalue weighted by Gasteiger charge is -2.27. The van der Waals surface area contributed by atoms with Gasteiger partial charge in [-0.15, -0.1) is 0 Å². The molecule has 1 unspecified atom stereocenters. The fourth-order valence-electron chi connectivity index (χ4n) is 3.06. The minimum absolute atomic E-state index is 0.306. The summed E-state index contributed by atoms with van der Waals surface area (Å²) in [5.74, 6) is 1.20. The van der Waals surface area contributed by atoms with Crippen molar-refractivity contribution in [2.24, 2.45) is 0 Å². The van der Waals surface area contributed by atoms with E-state index < -0.39 is 0 Å². The molecule has 0 bridgehead atoms. The normalized spacial score (nSPS) is 18.1. The second kappa shape index (κ2) is 8.18. The van der Waals surface area contributed by atoms with E-state index in [1.165, 1.54) is 5.56 Å². The second-order valence-corrected chi connectivity index (χ2v) is 6.07. The Morgan fingerprint density at radius 2 is 1.91 bits per heavy atom. The van der Waals surface area contributed by atoms with Crippen LogP contribution in [0.5, 0.6) is 5.75 Å². The summed E-state index contributed by atoms with van der Waals surface area (Å²) < 4.78 is 5.20. The molecule has 4 nitrogen and oxygen atoms in total. The minimum atomic E-state index is 0.306. The zero-order valence-corrected chi connectivity index (χ0v) is 14.0. The number of methoxy groups -OCH3 is 1. The molecule has 0 aromatic heterocycles. The van der Waals surface area contributed by atoms with Gasteiger partial charge < -0.3 is 9.64 Å². The lowest BCUT2D eigenvalue weighted by atomic mass is 10.1. The standard InChI is InChI=1S/C18H28N2O2/c1-4-10-20-13-12-19(11-9-18(20)21)15(2)14-16-5-7-17(22-3)8-6-16/h5-8,15H,4,9-14H2,1-3H3. The van der Waals surface area contributed by atoms with Crippen molar-refractivity contribution >= 4 is 5.91 Å². The van der Waals surface area contributed by atoms with Crippen LogP contribution in [0.15, 0.2) is 24.3 Å². The first-order chi connectivity index (χ1) is 10.6. The van der Waals surface area contributed by atoms with Crippen LogP contribution in [0.1, 0.15) is 32.3 Å². The predicted octanol–water partition coefficient (Wildman–Crippen LogP) is 2.57. The van der Waals surface area contributed by atoms with E-state index >= 15 is 0 Å². The van der Waals surface area contributed by atoms with E-state index in [0.717, 1.165) is 44.8 Å². The quantitative estimate of drug-likeness (QED) is 0.810. The van der Waals surface area contributed by atoms with Gasteiger partial charge >= 0.3 is 0 Å². The van der Waals surface area contributed by atoms with Crippen LogP contribution >= 0.6 is 0 Å². The van der Waals surface area contributed by atoms with Gasteiger partial charge in [0.15, 0.2) is 0 Å². The number of nitrogens with zero attached hydrogens (tertiary/aromatic N) is 2. The molecule has 1 saturated heterocycles. The molecular weight excluding hydrogens is 276 g/mol. The van der Waals surface area contributed by atoms with Crippen molar-refractivity contribution < 1.29 is 9.53 Å². The van der Waals surface area contributed by atoms with E-state index in [1.807, 2.05) is 17.0 Å². The SMILES string of the molecule is CCCN1CCN(C(C)Cc2ccc(OC)cc2)CCC1=O. The highest BCUT2D eigenvalue weighted by molar-refractivity contribution is 5.76. The first-order valence-electron chi connectivity index (χ1n) is 8.28. The largest absolute Gasteiger partial charge is 0.497 e. The fraction of sp³-hybridized carbons (Fsp3) is 0.611. The van der Waals surface area contributed by atoms with Gasteiger partial charge in [0.05, 0.1) is 7.11 Å². The minimum Gasteiger partial charge on any atom is -0.497 e. The van der Waals surface area contributed by atoms with Crippen LogP contribution in [0.3, 0.4) is 0 Å². The third-order valence-electron chi connectivity index (χ3n) is 4.43. The first-order valence-corrected chi connectivity index (χ1v) is 8.28. The molecule has 0 spiro atoms. The van der Waals surface area contributed by atoms with Gasteiger partial charge in [0.1, 0.15) is 5.75 Å². The summed E-state index contributed by atoms with van der Waals surface area (Å²) in [6.45, 7) is 7.98. The van der Waals surface area contributed by atoms with E-state index in [-0.39, 0.29) is 0 Å². The van der Waals surface area contributed by atoms with Gasteiger partial charge in [-0.25, -0.2) is 0 Å². The molecule has 1 fully saturated rings. The Hall–Kier alpha value is -1.55. The fourth-order valence-corrected chi connectivity index (χ4v) is 3.06. The molecule has 0 aliphatic carbocycles. The molecule has 1 heterocycles. The van der Waals surface area contributed by atoms with Crippen molar-refractivity contribution in [2.75, 3.05) is 33.3 Å². The average Bonchev–Trinajstić information content (AvgIpc) is 2.71. The highest BCUT2D eigenvalue weighted by Crippen LogP contribution is 2.16. The van der Waals surface area contributed by atoms with Gasteiger partial charge in [-0.2, -0.15) is 0 Å². The number of carbonyl (C=O) groups excluding carboxylic acids is 1. The summed E-state index contributed by atoms with van der Waals surface area (Å²) in [6, 6.07) is 8.72. The average molecular weight is 304 g/mol. The van der Waals surface area contributed by atoms with Crippen molar-refractivity contribution in [3.63, 3.8) is 0 Å². The Balaban J connectivity index is 1.91. The van der Waals surface area contributed by atoms with Crippen LogP contribution < -0.4 is 4.74 Å². The Labute approximate surface area is 134 Å². The van der Waals surface area contributed by atoms with Gasteiger partial charge in [-0.3, -0.25) is 9.69 Å². The van der Waals surface area contributed by atoms with E-state index in [4.69, 9.17) is 4.74 Å². The predicted molar refractivity (Wildman–Crippen MR) is 89.2 cm³/mol. The topological polar surface area (TPSA) is 32.8 Å². The molecule has 1 aliphatic rings. The molecule has 1 amide bonds. The first kappa shape index (κ1) is 16.8. The number of rotatable bonds is 6. The number of ether oxygens (including phenoxy) is 1. The summed E-state index contributed by atoms with van der Waals surface area (Å²) in [5.41, 5.74) is 1.31. The highest BCUT2D eigenvalue weighted by Gasteiger charge is 2.23. The van der Waals surface area contributed by atoms with Crippen LogP contribution in [0.2, 0.25) is 0 Å². The van der Waals surface area contributed by atoms with Crippen molar-refractivity contribution in [2.45, 2.75) is 39.2 Å². The Morgan fingerprint density at radius 3 is 2.55 bits per heavy atom. The van der Waals surface area contributed by atoms with E-state index in [0.29, 0.717) is 18.4 Å². The van der Waals surface area contributed by atoms with Crippen molar-refractivity contribution in [1.29, 1.82) is 0 Å². The Kier molecular flexibility index (Phi) is 6.25. The Morgan fingerprint density at radius 1 is 1.18 bits per heavy atom. The molecule has 1 aromatic rings. The second-order valence-electron chi connectivity index (χ2n) is 6.07. The summed E-state index contributed by atoms with van der Waals surface area (Å²) in [6.07, 6.45) is 2.69. The zero-order chi connectivity index (χ0) is 15.9. The van der Waals surface area contributed by atoms with Gasteiger partial charge in [-0.05, 0) is 37.5 Å². The van der Waals surface area contributed by atoms with E-state index in [2.05, 4.69) is 30.9 Å². The number of benzene rings is 1. The molecule has 122 valence electrons. The molecule has 0 radical (unpaired) electrons. The van der Waals surface area contributed by atoms with Gasteiger partial charge in [0.2, 0.25) is 5.91 Å². The number of hydrogen-bond donors (Lipinski definition) is 0. The molecule has 1 atom stereocenters. The molecule has 0 N–H and O–H groups in total. The van der Waals surface area contributed by atoms with E-state index in [9.17, 15) is 4.79 Å². The summed E-state index contributed by atoms with van der Waals surface area (Å²) in [4.78, 5) is 16.5. The van der Waals surface area contributed by atoms with Crippen LogP contribution in [0.25, 0.3) is 0 Å². The zero-order valence-electron chi connectivity index (χ0n) is 14.0. The maximum absolute atomic E-state index is 12.1. The lowest BCUT2D eigenvalue weighted by Crippen LogP contribution is -2.38. The Bertz CT molecular complexity index is 472. The third-order valence-corrected chi connectivity index (χ3v) is 4.43. The lowest BCUT2D eigenvalue weighted by molar-refractivity contribution is -0.130. The maximum atomic E-state index is 12.1. The van der Waals surface area contributed by atoms with Crippen LogP contribution in [0, 0.1) is 0 Å². The molecule has 4 heteroatoms. The van der Waals surface area contributed by atoms with Crippen molar-refractivity contribution in [3.05, 3.63) is 29.8 Å². The van der Waals surface area contributed by atoms with E-state index in [1.54, 1.807) is 7.11 Å². The monoisotopic (exact) mass is 304 g/mol. The maximum Gasteiger partial charge on any atom is 0.223 e. The molecule has 1 aromatic carbocycles. The van der Waals surface area contributed by atoms with Crippen LogP contribution in [0.4, 0.5) is 0 Å². The molecule has 2 rings (SSSR count). The van der Waals surface area contributed by atoms with Crippen molar-refractivity contribution in [3.8, 4) is 5.75 Å². The summed E-state index contributed by atoms with van der Waals surface area (Å²) in [7, 11) is 1.69. The van der Waals surface area contributed by atoms with Crippen molar-refractivity contribution in [1.82, 2.24) is 9.80 Å². The summed E-state index contributed by atoms with van der Waals surface area (Å²) >= 11 is 0. The molecular formula is C18H28N2O2. The van der Waals surface area contributed by atoms with Gasteiger partial charge in [0.25, 0.3) is 0 Å². The van der Waals surface area contributed by atoms with Crippen LogP contribution in [-0.4, -0.2) is 55.0 Å². The third kappa shape index (κ3) is 4.47. The van der Waals surface area contributed by atoms with Crippen LogP contribution in [-0.2, 0) is 11.2 Å². The smallest absolute Gasteiger partial charge is 0.223 e. The number of carbonyl (C=O) groups is 1. The molecule has 0 saturated carbocycles. The number of amides is 1.